The van der Waals surface area contributed by atoms with Crippen molar-refractivity contribution in [3.05, 3.63) is 34.9 Å². The highest BCUT2D eigenvalue weighted by Crippen LogP contribution is 2.29. The lowest BCUT2D eigenvalue weighted by Gasteiger charge is -2.41. The fourth-order valence-electron chi connectivity index (χ4n) is 3.82. The van der Waals surface area contributed by atoms with Crippen LogP contribution in [-0.2, 0) is 9.53 Å². The normalized spacial score (nSPS) is 20.3. The number of methoxy groups -OCH3 is 1. The van der Waals surface area contributed by atoms with Crippen LogP contribution in [-0.4, -0.2) is 55.5 Å². The number of hydrogen-bond acceptors (Lipinski definition) is 4. The number of carbonyl (C=O) groups excluding carboxylic acids is 2. The average Bonchev–Trinajstić information content (AvgIpc) is 2.68. The van der Waals surface area contributed by atoms with E-state index in [0.29, 0.717) is 49.4 Å². The van der Waals surface area contributed by atoms with Crippen molar-refractivity contribution in [2.75, 3.05) is 33.3 Å². The van der Waals surface area contributed by atoms with Crippen LogP contribution in [0.4, 0.5) is 0 Å². The lowest BCUT2D eigenvalue weighted by Crippen LogP contribution is -2.56. The Labute approximate surface area is 165 Å². The molecule has 3 rings (SSSR count). The number of ether oxygens (including phenoxy) is 1. The topological polar surface area (TPSA) is 58.6 Å². The molecule has 2 aliphatic heterocycles. The molecule has 0 saturated carbocycles. The van der Waals surface area contributed by atoms with Crippen LogP contribution >= 0.6 is 24.0 Å². The quantitative estimate of drug-likeness (QED) is 0.789. The highest BCUT2D eigenvalue weighted by atomic mass is 35.5. The molecule has 2 heterocycles. The number of hydrogen-bond donors (Lipinski definition) is 1. The molecule has 1 amide bonds. The Bertz CT molecular complexity index is 622. The van der Waals surface area contributed by atoms with E-state index in [2.05, 4.69) is 5.32 Å². The highest BCUT2D eigenvalue weighted by Gasteiger charge is 2.43. The molecule has 0 atom stereocenters. The maximum Gasteiger partial charge on any atom is 0.254 e. The first-order valence-corrected chi connectivity index (χ1v) is 9.28. The number of amides is 1. The number of carbonyl (C=O) groups is 2. The van der Waals surface area contributed by atoms with Gasteiger partial charge in [0.05, 0.1) is 0 Å². The summed E-state index contributed by atoms with van der Waals surface area (Å²) >= 11 is 5.88. The summed E-state index contributed by atoms with van der Waals surface area (Å²) in [7, 11) is 1.63. The minimum absolute atomic E-state index is 0. The number of nitrogens with zero attached hydrogens (tertiary/aromatic N) is 1. The maximum absolute atomic E-state index is 13.0. The van der Waals surface area contributed by atoms with Gasteiger partial charge in [-0.15, -0.1) is 12.4 Å². The van der Waals surface area contributed by atoms with E-state index >= 15 is 0 Å². The smallest absolute Gasteiger partial charge is 0.254 e. The second-order valence-corrected chi connectivity index (χ2v) is 7.32. The first kappa shape index (κ1) is 21.2. The molecule has 0 radical (unpaired) electrons. The summed E-state index contributed by atoms with van der Waals surface area (Å²) in [5.74, 6) is 0.192. The molecule has 1 aromatic carbocycles. The molecule has 144 valence electrons. The van der Waals surface area contributed by atoms with Gasteiger partial charge >= 0.3 is 0 Å². The zero-order valence-electron chi connectivity index (χ0n) is 15.0. The number of halogens is 2. The standard InChI is InChI=1S/C19H25ClN2O3.ClH/c1-25-19(8-10-21-11-9-19)18(24)22-12-6-15(7-13-22)17(23)14-2-4-16(20)5-3-14;/h2-5,15,21H,6-13H2,1H3;1H. The van der Waals surface area contributed by atoms with Gasteiger partial charge in [-0.05, 0) is 63.0 Å². The van der Waals surface area contributed by atoms with Gasteiger partial charge in [-0.3, -0.25) is 9.59 Å². The number of ketones is 1. The zero-order chi connectivity index (χ0) is 17.9. The van der Waals surface area contributed by atoms with Crippen molar-refractivity contribution in [1.29, 1.82) is 0 Å². The Morgan fingerprint density at radius 3 is 2.27 bits per heavy atom. The van der Waals surface area contributed by atoms with Crippen LogP contribution in [0, 0.1) is 5.92 Å². The number of Topliss-reactive ketones (excluding diaryl/α,β-unsaturated/α-hetero) is 1. The van der Waals surface area contributed by atoms with Gasteiger partial charge in [-0.25, -0.2) is 0 Å². The second-order valence-electron chi connectivity index (χ2n) is 6.89. The van der Waals surface area contributed by atoms with Gasteiger partial charge in [0.2, 0.25) is 0 Å². The van der Waals surface area contributed by atoms with Crippen molar-refractivity contribution in [3.8, 4) is 0 Å². The molecule has 0 aromatic heterocycles. The van der Waals surface area contributed by atoms with Gasteiger partial charge in [-0.1, -0.05) is 11.6 Å². The molecule has 0 unspecified atom stereocenters. The lowest BCUT2D eigenvalue weighted by atomic mass is 9.86. The minimum atomic E-state index is -0.696. The SMILES string of the molecule is COC1(C(=O)N2CCC(C(=O)c3ccc(Cl)cc3)CC2)CCNCC1.Cl. The molecule has 1 aromatic rings. The molecule has 2 fully saturated rings. The number of rotatable bonds is 4. The van der Waals surface area contributed by atoms with Crippen LogP contribution in [0.25, 0.3) is 0 Å². The largest absolute Gasteiger partial charge is 0.368 e. The monoisotopic (exact) mass is 400 g/mol. The van der Waals surface area contributed by atoms with Gasteiger partial charge in [0, 0.05) is 36.7 Å². The Morgan fingerprint density at radius 1 is 1.15 bits per heavy atom. The van der Waals surface area contributed by atoms with Gasteiger partial charge in [-0.2, -0.15) is 0 Å². The molecule has 0 aliphatic carbocycles. The second kappa shape index (κ2) is 9.18. The Morgan fingerprint density at radius 2 is 1.73 bits per heavy atom. The van der Waals surface area contributed by atoms with Crippen LogP contribution < -0.4 is 5.32 Å². The molecule has 0 bridgehead atoms. The van der Waals surface area contributed by atoms with Crippen LogP contribution in [0.5, 0.6) is 0 Å². The first-order chi connectivity index (χ1) is 12.1. The third kappa shape index (κ3) is 4.39. The van der Waals surface area contributed by atoms with Crippen molar-refractivity contribution in [1.82, 2.24) is 10.2 Å². The summed E-state index contributed by atoms with van der Waals surface area (Å²) in [6, 6.07) is 7.04. The summed E-state index contributed by atoms with van der Waals surface area (Å²) in [6.07, 6.45) is 2.80. The van der Waals surface area contributed by atoms with Crippen molar-refractivity contribution in [2.45, 2.75) is 31.3 Å². The molecule has 7 heteroatoms. The molecule has 1 N–H and O–H groups in total. The molecular formula is C19H26Cl2N2O3. The van der Waals surface area contributed by atoms with Gasteiger partial charge < -0.3 is 15.0 Å². The number of piperidine rings is 2. The van der Waals surface area contributed by atoms with Crippen LogP contribution in [0.3, 0.4) is 0 Å². The Hall–Kier alpha value is -1.14. The van der Waals surface area contributed by atoms with E-state index in [4.69, 9.17) is 16.3 Å². The first-order valence-electron chi connectivity index (χ1n) is 8.91. The summed E-state index contributed by atoms with van der Waals surface area (Å²) in [5, 5.41) is 3.90. The van der Waals surface area contributed by atoms with Crippen LogP contribution in [0.2, 0.25) is 5.02 Å². The van der Waals surface area contributed by atoms with E-state index in [1.54, 1.807) is 31.4 Å². The van der Waals surface area contributed by atoms with E-state index in [1.807, 2.05) is 4.90 Å². The minimum Gasteiger partial charge on any atom is -0.368 e. The summed E-state index contributed by atoms with van der Waals surface area (Å²) in [6.45, 7) is 2.82. The fraction of sp³-hybridized carbons (Fsp3) is 0.579. The zero-order valence-corrected chi connectivity index (χ0v) is 16.6. The number of nitrogens with one attached hydrogen (secondary N) is 1. The van der Waals surface area contributed by atoms with E-state index in [1.165, 1.54) is 0 Å². The van der Waals surface area contributed by atoms with Crippen molar-refractivity contribution in [3.63, 3.8) is 0 Å². The van der Waals surface area contributed by atoms with E-state index in [-0.39, 0.29) is 30.0 Å². The van der Waals surface area contributed by atoms with Gasteiger partial charge in [0.25, 0.3) is 5.91 Å². The highest BCUT2D eigenvalue weighted by molar-refractivity contribution is 6.30. The van der Waals surface area contributed by atoms with Crippen LogP contribution in [0.1, 0.15) is 36.0 Å². The predicted octanol–water partition coefficient (Wildman–Crippen LogP) is 2.95. The maximum atomic E-state index is 13.0. The number of likely N-dealkylation sites (tertiary alicyclic amines) is 1. The predicted molar refractivity (Wildman–Crippen MR) is 104 cm³/mol. The van der Waals surface area contributed by atoms with Gasteiger partial charge in [0.15, 0.2) is 5.78 Å². The third-order valence-corrected chi connectivity index (χ3v) is 5.73. The molecule has 5 nitrogen and oxygen atoms in total. The van der Waals surface area contributed by atoms with Gasteiger partial charge in [0.1, 0.15) is 5.60 Å². The van der Waals surface area contributed by atoms with Crippen molar-refractivity contribution in [2.24, 2.45) is 5.92 Å². The van der Waals surface area contributed by atoms with Crippen molar-refractivity contribution < 1.29 is 14.3 Å². The van der Waals surface area contributed by atoms with E-state index in [0.717, 1.165) is 13.1 Å². The Balaban J connectivity index is 0.00000243. The molecule has 0 spiro atoms. The summed E-state index contributed by atoms with van der Waals surface area (Å²) < 4.78 is 5.64. The molecular weight excluding hydrogens is 375 g/mol. The van der Waals surface area contributed by atoms with Crippen LogP contribution in [0.15, 0.2) is 24.3 Å². The molecule has 26 heavy (non-hydrogen) atoms. The van der Waals surface area contributed by atoms with E-state index in [9.17, 15) is 9.59 Å². The third-order valence-electron chi connectivity index (χ3n) is 5.47. The summed E-state index contributed by atoms with van der Waals surface area (Å²) in [5.41, 5.74) is -0.000885. The number of benzene rings is 1. The molecule has 2 aliphatic rings. The average molecular weight is 401 g/mol. The fourth-order valence-corrected chi connectivity index (χ4v) is 3.94. The van der Waals surface area contributed by atoms with Crippen molar-refractivity contribution >= 4 is 35.7 Å². The Kier molecular flexibility index (Phi) is 7.47. The van der Waals surface area contributed by atoms with E-state index < -0.39 is 5.60 Å². The molecule has 2 saturated heterocycles. The summed E-state index contributed by atoms with van der Waals surface area (Å²) in [4.78, 5) is 27.5. The lowest BCUT2D eigenvalue weighted by molar-refractivity contribution is -0.159.